The highest BCUT2D eigenvalue weighted by atomic mass is 16.5. The van der Waals surface area contributed by atoms with Gasteiger partial charge in [0.05, 0.1) is 22.8 Å². The van der Waals surface area contributed by atoms with Crippen molar-refractivity contribution in [3.8, 4) is 22.5 Å². The number of rotatable bonds is 6. The van der Waals surface area contributed by atoms with Crippen molar-refractivity contribution in [1.29, 1.82) is 0 Å². The van der Waals surface area contributed by atoms with Gasteiger partial charge in [0.25, 0.3) is 0 Å². The third-order valence-corrected chi connectivity index (χ3v) is 8.58. The van der Waals surface area contributed by atoms with Gasteiger partial charge in [-0.05, 0) is 75.6 Å². The standard InChI is InChI=1S/C31H34N8O2/c1-17(2)39-16-23(18(3)37-39)26-34-25-22(11-14-32-27(25)35-26)20-9-10-21-19(15-20)7-5-6-8-24(21)33-28(40)29-36-30(38-41-29)31(4)12-13-31/h9-11,14-17,24H,5-8,12-13H2,1-4H3,(H,33,40)(H,32,34,35)/t24-/m1/s1. The predicted octanol–water partition coefficient (Wildman–Crippen LogP) is 6.01. The van der Waals surface area contributed by atoms with Crippen LogP contribution >= 0.6 is 0 Å². The molecule has 5 aromatic rings. The van der Waals surface area contributed by atoms with Crippen LogP contribution in [0.5, 0.6) is 0 Å². The summed E-state index contributed by atoms with van der Waals surface area (Å²) in [6.45, 7) is 8.32. The Morgan fingerprint density at radius 2 is 2.02 bits per heavy atom. The molecule has 10 nitrogen and oxygen atoms in total. The summed E-state index contributed by atoms with van der Waals surface area (Å²) in [5.74, 6) is 1.12. The second-order valence-electron chi connectivity index (χ2n) is 12.0. The summed E-state index contributed by atoms with van der Waals surface area (Å²) in [4.78, 5) is 30.4. The van der Waals surface area contributed by atoms with E-state index in [2.05, 4.69) is 69.5 Å². The maximum Gasteiger partial charge on any atom is 0.315 e. The molecule has 2 N–H and O–H groups in total. The zero-order chi connectivity index (χ0) is 28.3. The number of amides is 1. The first kappa shape index (κ1) is 25.6. The average molecular weight is 551 g/mol. The van der Waals surface area contributed by atoms with E-state index in [1.165, 1.54) is 5.56 Å². The molecule has 10 heteroatoms. The summed E-state index contributed by atoms with van der Waals surface area (Å²) >= 11 is 0. The van der Waals surface area contributed by atoms with E-state index in [1.54, 1.807) is 0 Å². The Labute approximate surface area is 238 Å². The highest BCUT2D eigenvalue weighted by Crippen LogP contribution is 2.46. The largest absolute Gasteiger partial charge is 0.341 e. The SMILES string of the molecule is Cc1nn(C(C)C)cc1-c1nc2nccc(-c3ccc4c(c3)CCCC[C@H]4NC(=O)c3nc(C4(C)CC4)no3)c2[nH]1. The van der Waals surface area contributed by atoms with Gasteiger partial charge >= 0.3 is 11.8 Å². The number of aromatic amines is 1. The molecule has 1 aromatic carbocycles. The molecule has 0 spiro atoms. The Balaban J connectivity index is 1.19. The highest BCUT2D eigenvalue weighted by molar-refractivity contribution is 5.92. The minimum Gasteiger partial charge on any atom is -0.341 e. The number of pyridine rings is 1. The zero-order valence-corrected chi connectivity index (χ0v) is 23.9. The number of benzene rings is 1. The van der Waals surface area contributed by atoms with Gasteiger partial charge < -0.3 is 14.8 Å². The number of hydrogen-bond acceptors (Lipinski definition) is 7. The van der Waals surface area contributed by atoms with Gasteiger partial charge in [-0.3, -0.25) is 9.48 Å². The normalized spacial score (nSPS) is 17.9. The molecule has 41 heavy (non-hydrogen) atoms. The van der Waals surface area contributed by atoms with Crippen LogP contribution in [-0.4, -0.2) is 40.8 Å². The Kier molecular flexibility index (Phi) is 6.02. The Morgan fingerprint density at radius 3 is 2.80 bits per heavy atom. The molecule has 7 rings (SSSR count). The fraction of sp³-hybridized carbons (Fsp3) is 0.419. The van der Waals surface area contributed by atoms with Crippen LogP contribution in [0.15, 0.2) is 41.2 Å². The van der Waals surface area contributed by atoms with Crippen LogP contribution in [0.3, 0.4) is 0 Å². The molecule has 1 amide bonds. The third kappa shape index (κ3) is 4.61. The average Bonchev–Trinajstić information content (AvgIpc) is 3.30. The fourth-order valence-corrected chi connectivity index (χ4v) is 5.75. The summed E-state index contributed by atoms with van der Waals surface area (Å²) in [5.41, 5.74) is 7.94. The zero-order valence-electron chi connectivity index (χ0n) is 23.9. The van der Waals surface area contributed by atoms with E-state index in [0.29, 0.717) is 11.5 Å². The number of carbonyl (C=O) groups is 1. The topological polar surface area (TPSA) is 127 Å². The minimum absolute atomic E-state index is 0.0407. The van der Waals surface area contributed by atoms with Crippen molar-refractivity contribution in [3.05, 3.63) is 65.2 Å². The molecule has 1 saturated carbocycles. The molecule has 0 aliphatic heterocycles. The van der Waals surface area contributed by atoms with Gasteiger partial charge in [0.15, 0.2) is 11.5 Å². The van der Waals surface area contributed by atoms with Crippen molar-refractivity contribution in [1.82, 2.24) is 40.2 Å². The summed E-state index contributed by atoms with van der Waals surface area (Å²) in [6, 6.07) is 8.70. The van der Waals surface area contributed by atoms with E-state index < -0.39 is 0 Å². The molecule has 2 aliphatic rings. The molecule has 2 aliphatic carbocycles. The van der Waals surface area contributed by atoms with Gasteiger partial charge in [-0.2, -0.15) is 10.1 Å². The Bertz CT molecular complexity index is 1770. The number of H-pyrrole nitrogens is 1. The monoisotopic (exact) mass is 550 g/mol. The first-order valence-electron chi connectivity index (χ1n) is 14.5. The maximum absolute atomic E-state index is 13.1. The molecular weight excluding hydrogens is 516 g/mol. The van der Waals surface area contributed by atoms with Crippen LogP contribution in [-0.2, 0) is 11.8 Å². The van der Waals surface area contributed by atoms with Crippen LogP contribution in [0, 0.1) is 6.92 Å². The van der Waals surface area contributed by atoms with E-state index in [-0.39, 0.29) is 29.3 Å². The Hall–Kier alpha value is -4.34. The second kappa shape index (κ2) is 9.64. The van der Waals surface area contributed by atoms with Crippen molar-refractivity contribution in [2.45, 2.75) is 83.7 Å². The molecule has 210 valence electrons. The first-order valence-corrected chi connectivity index (χ1v) is 14.5. The highest BCUT2D eigenvalue weighted by Gasteiger charge is 2.44. The molecule has 4 heterocycles. The lowest BCUT2D eigenvalue weighted by atomic mass is 9.94. The summed E-state index contributed by atoms with van der Waals surface area (Å²) < 4.78 is 7.29. The summed E-state index contributed by atoms with van der Waals surface area (Å²) in [7, 11) is 0. The van der Waals surface area contributed by atoms with Crippen molar-refractivity contribution in [3.63, 3.8) is 0 Å². The first-order chi connectivity index (χ1) is 19.8. The van der Waals surface area contributed by atoms with E-state index in [4.69, 9.17) is 9.51 Å². The van der Waals surface area contributed by atoms with Gasteiger partial charge in [-0.25, -0.2) is 9.97 Å². The van der Waals surface area contributed by atoms with Crippen molar-refractivity contribution in [2.75, 3.05) is 0 Å². The van der Waals surface area contributed by atoms with E-state index in [1.807, 2.05) is 30.1 Å². The van der Waals surface area contributed by atoms with Gasteiger partial charge in [0, 0.05) is 29.4 Å². The van der Waals surface area contributed by atoms with Crippen LogP contribution in [0.1, 0.15) is 98.3 Å². The van der Waals surface area contributed by atoms with E-state index in [0.717, 1.165) is 77.8 Å². The number of aryl methyl sites for hydroxylation is 2. The molecule has 0 unspecified atom stereocenters. The lowest BCUT2D eigenvalue weighted by molar-refractivity contribution is 0.0890. The van der Waals surface area contributed by atoms with Crippen LogP contribution in [0.2, 0.25) is 0 Å². The van der Waals surface area contributed by atoms with E-state index in [9.17, 15) is 4.79 Å². The molecule has 1 atom stereocenters. The maximum atomic E-state index is 13.1. The van der Waals surface area contributed by atoms with Gasteiger partial charge in [-0.15, -0.1) is 0 Å². The van der Waals surface area contributed by atoms with Gasteiger partial charge in [0.2, 0.25) is 0 Å². The summed E-state index contributed by atoms with van der Waals surface area (Å²) in [6.07, 6.45) is 9.80. The fourth-order valence-electron chi connectivity index (χ4n) is 5.75. The third-order valence-electron chi connectivity index (χ3n) is 8.58. The van der Waals surface area contributed by atoms with Crippen molar-refractivity contribution >= 4 is 17.1 Å². The van der Waals surface area contributed by atoms with Gasteiger partial charge in [0.1, 0.15) is 5.82 Å². The lowest BCUT2D eigenvalue weighted by Gasteiger charge is -2.19. The molecule has 0 saturated heterocycles. The number of imidazole rings is 1. The quantitative estimate of drug-likeness (QED) is 0.248. The van der Waals surface area contributed by atoms with Crippen LogP contribution < -0.4 is 5.32 Å². The second-order valence-corrected chi connectivity index (χ2v) is 12.0. The van der Waals surface area contributed by atoms with Crippen LogP contribution in [0.25, 0.3) is 33.7 Å². The number of nitrogens with zero attached hydrogens (tertiary/aromatic N) is 6. The number of carbonyl (C=O) groups excluding carboxylic acids is 1. The predicted molar refractivity (Wildman–Crippen MR) is 154 cm³/mol. The number of nitrogens with one attached hydrogen (secondary N) is 2. The van der Waals surface area contributed by atoms with Crippen molar-refractivity contribution < 1.29 is 9.32 Å². The number of aromatic nitrogens is 7. The molecule has 4 aromatic heterocycles. The lowest BCUT2D eigenvalue weighted by Crippen LogP contribution is -2.29. The smallest absolute Gasteiger partial charge is 0.315 e. The van der Waals surface area contributed by atoms with Crippen molar-refractivity contribution in [2.24, 2.45) is 0 Å². The molecule has 0 bridgehead atoms. The van der Waals surface area contributed by atoms with Crippen LogP contribution in [0.4, 0.5) is 0 Å². The van der Waals surface area contributed by atoms with Gasteiger partial charge in [-0.1, -0.05) is 36.7 Å². The van der Waals surface area contributed by atoms with E-state index >= 15 is 0 Å². The number of hydrogen-bond donors (Lipinski definition) is 2. The minimum atomic E-state index is -0.313. The Morgan fingerprint density at radius 1 is 1.17 bits per heavy atom. The summed E-state index contributed by atoms with van der Waals surface area (Å²) in [5, 5.41) is 11.9. The molecular formula is C31H34N8O2. The molecule has 0 radical (unpaired) electrons. The number of fused-ring (bicyclic) bond motifs is 2. The molecule has 1 fully saturated rings.